The fourth-order valence-corrected chi connectivity index (χ4v) is 3.19. The first-order valence-corrected chi connectivity index (χ1v) is 8.14. The van der Waals surface area contributed by atoms with Gasteiger partial charge in [0, 0.05) is 18.7 Å². The maximum Gasteiger partial charge on any atom is 0.323 e. The standard InChI is InChI=1S/C17H22N4O4/c1-24-12-3-4-13-14(8-12)21(16(22)9-19-13)10-20-6-5-11(18)7-15(20)17(23)25-2/h3-4,8-9,11,15H,5-7,10,18H2,1-2H3. The average molecular weight is 346 g/mol. The molecule has 134 valence electrons. The van der Waals surface area contributed by atoms with Gasteiger partial charge in [0.15, 0.2) is 0 Å². The van der Waals surface area contributed by atoms with Gasteiger partial charge in [0.05, 0.1) is 38.1 Å². The highest BCUT2D eigenvalue weighted by Gasteiger charge is 2.33. The zero-order valence-electron chi connectivity index (χ0n) is 14.3. The molecule has 3 rings (SSSR count). The highest BCUT2D eigenvalue weighted by atomic mass is 16.5. The third-order valence-corrected chi connectivity index (χ3v) is 4.60. The summed E-state index contributed by atoms with van der Waals surface area (Å²) in [6.07, 6.45) is 2.56. The van der Waals surface area contributed by atoms with Crippen LogP contribution in [0.3, 0.4) is 0 Å². The maximum absolute atomic E-state index is 12.4. The highest BCUT2D eigenvalue weighted by molar-refractivity contribution is 5.77. The number of fused-ring (bicyclic) bond motifs is 1. The van der Waals surface area contributed by atoms with E-state index in [9.17, 15) is 9.59 Å². The lowest BCUT2D eigenvalue weighted by molar-refractivity contribution is -0.149. The number of nitrogens with two attached hydrogens (primary N) is 1. The largest absolute Gasteiger partial charge is 0.497 e. The van der Waals surface area contributed by atoms with Gasteiger partial charge in [-0.05, 0) is 25.0 Å². The van der Waals surface area contributed by atoms with Crippen molar-refractivity contribution >= 4 is 17.0 Å². The van der Waals surface area contributed by atoms with Gasteiger partial charge in [0.2, 0.25) is 0 Å². The van der Waals surface area contributed by atoms with E-state index in [0.717, 1.165) is 6.42 Å². The Morgan fingerprint density at radius 2 is 2.20 bits per heavy atom. The molecule has 0 radical (unpaired) electrons. The highest BCUT2D eigenvalue weighted by Crippen LogP contribution is 2.21. The zero-order chi connectivity index (χ0) is 18.0. The smallest absolute Gasteiger partial charge is 0.323 e. The summed E-state index contributed by atoms with van der Waals surface area (Å²) >= 11 is 0. The van der Waals surface area contributed by atoms with E-state index in [1.165, 1.54) is 13.3 Å². The van der Waals surface area contributed by atoms with Gasteiger partial charge in [-0.25, -0.2) is 4.98 Å². The van der Waals surface area contributed by atoms with Crippen LogP contribution in [0, 0.1) is 0 Å². The van der Waals surface area contributed by atoms with E-state index in [-0.39, 0.29) is 24.2 Å². The Labute approximate surface area is 145 Å². The number of likely N-dealkylation sites (tertiary alicyclic amines) is 1. The number of carbonyl (C=O) groups is 1. The molecule has 1 aromatic heterocycles. The van der Waals surface area contributed by atoms with Crippen molar-refractivity contribution in [3.05, 3.63) is 34.7 Å². The van der Waals surface area contributed by atoms with Crippen molar-refractivity contribution in [2.75, 3.05) is 20.8 Å². The molecule has 2 N–H and O–H groups in total. The minimum atomic E-state index is -0.463. The molecule has 1 fully saturated rings. The van der Waals surface area contributed by atoms with Gasteiger partial charge in [-0.2, -0.15) is 0 Å². The van der Waals surface area contributed by atoms with Gasteiger partial charge in [-0.15, -0.1) is 0 Å². The van der Waals surface area contributed by atoms with Crippen molar-refractivity contribution in [1.29, 1.82) is 0 Å². The van der Waals surface area contributed by atoms with Crippen LogP contribution < -0.4 is 16.0 Å². The fourth-order valence-electron chi connectivity index (χ4n) is 3.19. The van der Waals surface area contributed by atoms with Gasteiger partial charge < -0.3 is 15.2 Å². The lowest BCUT2D eigenvalue weighted by Crippen LogP contribution is -2.52. The number of esters is 1. The zero-order valence-corrected chi connectivity index (χ0v) is 14.3. The Morgan fingerprint density at radius 3 is 2.92 bits per heavy atom. The second-order valence-electron chi connectivity index (χ2n) is 6.16. The number of benzene rings is 1. The molecule has 1 aliphatic rings. The molecule has 0 amide bonds. The molecule has 8 nitrogen and oxygen atoms in total. The van der Waals surface area contributed by atoms with E-state index in [0.29, 0.717) is 29.7 Å². The number of rotatable bonds is 4. The second-order valence-corrected chi connectivity index (χ2v) is 6.16. The molecular formula is C17H22N4O4. The molecular weight excluding hydrogens is 324 g/mol. The lowest BCUT2D eigenvalue weighted by Gasteiger charge is -2.36. The summed E-state index contributed by atoms with van der Waals surface area (Å²) < 4.78 is 11.7. The predicted octanol–water partition coefficient (Wildman–Crippen LogP) is 0.327. The van der Waals surface area contributed by atoms with Crippen LogP contribution in [0.2, 0.25) is 0 Å². The maximum atomic E-state index is 12.4. The minimum Gasteiger partial charge on any atom is -0.497 e. The molecule has 2 unspecified atom stereocenters. The Morgan fingerprint density at radius 1 is 1.40 bits per heavy atom. The first-order chi connectivity index (χ1) is 12.0. The summed E-state index contributed by atoms with van der Waals surface area (Å²) in [5, 5.41) is 0. The van der Waals surface area contributed by atoms with Crippen molar-refractivity contribution in [2.24, 2.45) is 5.73 Å². The fraction of sp³-hybridized carbons (Fsp3) is 0.471. The van der Waals surface area contributed by atoms with Crippen molar-refractivity contribution in [3.8, 4) is 5.75 Å². The quantitative estimate of drug-likeness (QED) is 0.796. The normalized spacial score (nSPS) is 21.2. The topological polar surface area (TPSA) is 99.7 Å². The van der Waals surface area contributed by atoms with Crippen LogP contribution in [0.25, 0.3) is 11.0 Å². The second kappa shape index (κ2) is 7.20. The molecule has 0 aliphatic carbocycles. The molecule has 0 spiro atoms. The Kier molecular flexibility index (Phi) is 5.00. The summed E-state index contributed by atoms with van der Waals surface area (Å²) in [4.78, 5) is 30.6. The van der Waals surface area contributed by atoms with E-state index >= 15 is 0 Å². The average Bonchev–Trinajstić information content (AvgIpc) is 2.64. The van der Waals surface area contributed by atoms with Gasteiger partial charge >= 0.3 is 5.97 Å². The van der Waals surface area contributed by atoms with Crippen molar-refractivity contribution in [2.45, 2.75) is 31.6 Å². The molecule has 1 aromatic carbocycles. The van der Waals surface area contributed by atoms with Gasteiger partial charge in [0.25, 0.3) is 5.56 Å². The van der Waals surface area contributed by atoms with Gasteiger partial charge in [0.1, 0.15) is 11.8 Å². The third-order valence-electron chi connectivity index (χ3n) is 4.60. The number of piperidine rings is 1. The Balaban J connectivity index is 1.99. The number of hydrogen-bond acceptors (Lipinski definition) is 7. The van der Waals surface area contributed by atoms with E-state index in [1.807, 2.05) is 4.90 Å². The summed E-state index contributed by atoms with van der Waals surface area (Å²) in [5.74, 6) is 0.304. The van der Waals surface area contributed by atoms with Crippen LogP contribution in [0.4, 0.5) is 0 Å². The summed E-state index contributed by atoms with van der Waals surface area (Å²) in [7, 11) is 2.93. The van der Waals surface area contributed by atoms with E-state index in [4.69, 9.17) is 15.2 Å². The third kappa shape index (κ3) is 3.49. The monoisotopic (exact) mass is 346 g/mol. The van der Waals surface area contributed by atoms with E-state index < -0.39 is 6.04 Å². The molecule has 0 bridgehead atoms. The Hall–Kier alpha value is -2.45. The number of nitrogens with zero attached hydrogens (tertiary/aromatic N) is 3. The first kappa shape index (κ1) is 17.4. The molecule has 2 heterocycles. The van der Waals surface area contributed by atoms with Crippen molar-refractivity contribution in [1.82, 2.24) is 14.5 Å². The molecule has 1 saturated heterocycles. The number of aromatic nitrogens is 2. The molecule has 2 atom stereocenters. The molecule has 2 aromatic rings. The molecule has 25 heavy (non-hydrogen) atoms. The SMILES string of the molecule is COC(=O)C1CC(N)CCN1Cn1c(=O)cnc2ccc(OC)cc21. The molecule has 0 saturated carbocycles. The lowest BCUT2D eigenvalue weighted by atomic mass is 9.98. The van der Waals surface area contributed by atoms with Crippen molar-refractivity contribution < 1.29 is 14.3 Å². The van der Waals surface area contributed by atoms with Gasteiger partial charge in [-0.3, -0.25) is 19.1 Å². The van der Waals surface area contributed by atoms with Gasteiger partial charge in [-0.1, -0.05) is 0 Å². The number of methoxy groups -OCH3 is 2. The van der Waals surface area contributed by atoms with Crippen molar-refractivity contribution in [3.63, 3.8) is 0 Å². The Bertz CT molecular complexity index is 835. The minimum absolute atomic E-state index is 0.0497. The van der Waals surface area contributed by atoms with E-state index in [1.54, 1.807) is 29.9 Å². The van der Waals surface area contributed by atoms with E-state index in [2.05, 4.69) is 4.98 Å². The van der Waals surface area contributed by atoms with Crippen LogP contribution >= 0.6 is 0 Å². The van der Waals surface area contributed by atoms with Crippen LogP contribution in [-0.4, -0.2) is 53.3 Å². The molecule has 8 heteroatoms. The van der Waals surface area contributed by atoms with Crippen LogP contribution in [-0.2, 0) is 16.2 Å². The molecule has 1 aliphatic heterocycles. The van der Waals surface area contributed by atoms with Crippen LogP contribution in [0.1, 0.15) is 12.8 Å². The number of hydrogen-bond donors (Lipinski definition) is 1. The number of carbonyl (C=O) groups excluding carboxylic acids is 1. The predicted molar refractivity (Wildman–Crippen MR) is 92.3 cm³/mol. The van der Waals surface area contributed by atoms with Crippen LogP contribution in [0.15, 0.2) is 29.2 Å². The van der Waals surface area contributed by atoms with Crippen LogP contribution in [0.5, 0.6) is 5.75 Å². The number of ether oxygens (including phenoxy) is 2. The summed E-state index contributed by atoms with van der Waals surface area (Å²) in [6.45, 7) is 0.874. The first-order valence-electron chi connectivity index (χ1n) is 8.14. The summed E-state index contributed by atoms with van der Waals surface area (Å²) in [5.41, 5.74) is 7.11. The summed E-state index contributed by atoms with van der Waals surface area (Å²) in [6, 6.07) is 4.85.